The van der Waals surface area contributed by atoms with Crippen molar-refractivity contribution in [2.45, 2.75) is 50.8 Å². The van der Waals surface area contributed by atoms with Gasteiger partial charge in [-0.25, -0.2) is 0 Å². The molecule has 7 heteroatoms. The number of methoxy groups -OCH3 is 2. The van der Waals surface area contributed by atoms with Gasteiger partial charge in [-0.05, 0) is 55.6 Å². The molecule has 0 radical (unpaired) electrons. The lowest BCUT2D eigenvalue weighted by molar-refractivity contribution is -0.168. The normalized spacial score (nSPS) is 24.6. The Morgan fingerprint density at radius 1 is 1.03 bits per heavy atom. The zero-order valence-corrected chi connectivity index (χ0v) is 19.3. The van der Waals surface area contributed by atoms with Crippen molar-refractivity contribution in [1.29, 1.82) is 0 Å². The third-order valence-corrected chi connectivity index (χ3v) is 6.95. The molecule has 0 N–H and O–H groups in total. The zero-order chi connectivity index (χ0) is 22.5. The van der Waals surface area contributed by atoms with Crippen LogP contribution in [0.25, 0.3) is 0 Å². The van der Waals surface area contributed by atoms with E-state index in [0.29, 0.717) is 26.2 Å². The molecular formula is C25H35N3O4. The molecule has 0 spiro atoms. The summed E-state index contributed by atoms with van der Waals surface area (Å²) in [6.07, 6.45) is 7.41. The lowest BCUT2D eigenvalue weighted by Crippen LogP contribution is -2.66. The number of benzene rings is 1. The van der Waals surface area contributed by atoms with Crippen molar-refractivity contribution in [2.24, 2.45) is 0 Å². The maximum absolute atomic E-state index is 12.8. The number of hydrogen-bond acceptors (Lipinski definition) is 5. The van der Waals surface area contributed by atoms with E-state index in [1.807, 2.05) is 34.1 Å². The van der Waals surface area contributed by atoms with Gasteiger partial charge >= 0.3 is 0 Å². The van der Waals surface area contributed by atoms with E-state index in [0.717, 1.165) is 30.8 Å². The number of likely N-dealkylation sites (tertiary alicyclic amines) is 2. The summed E-state index contributed by atoms with van der Waals surface area (Å²) in [5, 5.41) is 0. The third kappa shape index (κ3) is 4.99. The maximum Gasteiger partial charge on any atom is 0.255 e. The van der Waals surface area contributed by atoms with Crippen LogP contribution in [-0.4, -0.2) is 85.6 Å². The molecule has 0 saturated carbocycles. The molecule has 32 heavy (non-hydrogen) atoms. The summed E-state index contributed by atoms with van der Waals surface area (Å²) in [6.45, 7) is 4.44. The molecule has 3 aliphatic rings. The van der Waals surface area contributed by atoms with Crippen LogP contribution >= 0.6 is 0 Å². The quantitative estimate of drug-likeness (QED) is 0.481. The van der Waals surface area contributed by atoms with Crippen molar-refractivity contribution < 1.29 is 19.1 Å². The van der Waals surface area contributed by atoms with Crippen LogP contribution < -0.4 is 4.74 Å². The molecule has 0 aromatic heterocycles. The number of β-lactam (4-membered cyclic amide) rings is 1. The fourth-order valence-corrected chi connectivity index (χ4v) is 5.01. The van der Waals surface area contributed by atoms with Crippen LogP contribution in [0.5, 0.6) is 5.75 Å². The first-order valence-electron chi connectivity index (χ1n) is 11.8. The van der Waals surface area contributed by atoms with Crippen molar-refractivity contribution in [3.05, 3.63) is 41.5 Å². The first-order chi connectivity index (χ1) is 15.6. The number of nitrogens with zero attached hydrogens (tertiary/aromatic N) is 3. The molecule has 7 nitrogen and oxygen atoms in total. The molecule has 4 rings (SSSR count). The lowest BCUT2D eigenvalue weighted by Gasteiger charge is -2.48. The van der Waals surface area contributed by atoms with Crippen molar-refractivity contribution in [3.63, 3.8) is 0 Å². The molecule has 0 aliphatic carbocycles. The highest BCUT2D eigenvalue weighted by atomic mass is 16.5. The molecule has 0 unspecified atom stereocenters. The molecule has 3 aliphatic heterocycles. The van der Waals surface area contributed by atoms with Gasteiger partial charge in [-0.1, -0.05) is 31.1 Å². The Hall–Kier alpha value is -2.38. The number of rotatable bonds is 7. The number of carbonyl (C=O) groups is 2. The molecule has 2 atom stereocenters. The molecule has 0 bridgehead atoms. The van der Waals surface area contributed by atoms with Crippen molar-refractivity contribution in [2.75, 3.05) is 46.9 Å². The SMILES string of the molecule is COc1ccc(CN2C(=O)[C@H](OC)[C@@H]2C2=CCN(C(=O)CN3CCCCCC3)CC2)cc1. The highest BCUT2D eigenvalue weighted by Crippen LogP contribution is 2.33. The summed E-state index contributed by atoms with van der Waals surface area (Å²) in [5.74, 6) is 1.04. The zero-order valence-electron chi connectivity index (χ0n) is 19.3. The first kappa shape index (κ1) is 22.8. The first-order valence-corrected chi connectivity index (χ1v) is 11.8. The van der Waals surface area contributed by atoms with Gasteiger partial charge < -0.3 is 19.3 Å². The summed E-state index contributed by atoms with van der Waals surface area (Å²) in [7, 11) is 3.24. The fraction of sp³-hybridized carbons (Fsp3) is 0.600. The molecule has 1 aromatic rings. The monoisotopic (exact) mass is 441 g/mol. The summed E-state index contributed by atoms with van der Waals surface area (Å²) in [4.78, 5) is 31.6. The van der Waals surface area contributed by atoms with Crippen LogP contribution in [0.15, 0.2) is 35.9 Å². The van der Waals surface area contributed by atoms with Gasteiger partial charge in [-0.15, -0.1) is 0 Å². The van der Waals surface area contributed by atoms with Gasteiger partial charge in [0.1, 0.15) is 5.75 Å². The molecular weight excluding hydrogens is 406 g/mol. The maximum atomic E-state index is 12.8. The second-order valence-corrected chi connectivity index (χ2v) is 8.97. The van der Waals surface area contributed by atoms with Crippen LogP contribution in [0.1, 0.15) is 37.7 Å². The number of ether oxygens (including phenoxy) is 2. The minimum atomic E-state index is -0.432. The second-order valence-electron chi connectivity index (χ2n) is 8.97. The van der Waals surface area contributed by atoms with Gasteiger partial charge in [0.05, 0.1) is 19.7 Å². The van der Waals surface area contributed by atoms with Crippen molar-refractivity contribution in [1.82, 2.24) is 14.7 Å². The molecule has 2 saturated heterocycles. The average Bonchev–Trinajstić information content (AvgIpc) is 3.10. The Bertz CT molecular complexity index is 830. The van der Waals surface area contributed by atoms with Gasteiger partial charge in [-0.2, -0.15) is 0 Å². The highest BCUT2D eigenvalue weighted by Gasteiger charge is 2.49. The summed E-state index contributed by atoms with van der Waals surface area (Å²) >= 11 is 0. The number of carbonyl (C=O) groups excluding carboxylic acids is 2. The third-order valence-electron chi connectivity index (χ3n) is 6.95. The van der Waals surface area contributed by atoms with Gasteiger partial charge in [-0.3, -0.25) is 14.5 Å². The molecule has 174 valence electrons. The topological polar surface area (TPSA) is 62.3 Å². The van der Waals surface area contributed by atoms with Crippen LogP contribution in [0, 0.1) is 0 Å². The van der Waals surface area contributed by atoms with Gasteiger partial charge in [0.15, 0.2) is 6.10 Å². The van der Waals surface area contributed by atoms with E-state index in [1.165, 1.54) is 31.3 Å². The minimum Gasteiger partial charge on any atom is -0.497 e. The largest absolute Gasteiger partial charge is 0.497 e. The van der Waals surface area contributed by atoms with E-state index < -0.39 is 6.10 Å². The molecule has 2 fully saturated rings. The van der Waals surface area contributed by atoms with Crippen LogP contribution in [0.4, 0.5) is 0 Å². The summed E-state index contributed by atoms with van der Waals surface area (Å²) in [6, 6.07) is 7.74. The van der Waals surface area contributed by atoms with E-state index in [4.69, 9.17) is 9.47 Å². The smallest absolute Gasteiger partial charge is 0.255 e. The summed E-state index contributed by atoms with van der Waals surface area (Å²) in [5.41, 5.74) is 2.26. The van der Waals surface area contributed by atoms with E-state index in [2.05, 4.69) is 11.0 Å². The van der Waals surface area contributed by atoms with Crippen LogP contribution in [0.3, 0.4) is 0 Å². The predicted octanol–water partition coefficient (Wildman–Crippen LogP) is 2.46. The Balaban J connectivity index is 1.37. The Morgan fingerprint density at radius 3 is 2.34 bits per heavy atom. The van der Waals surface area contributed by atoms with Gasteiger partial charge in [0.2, 0.25) is 5.91 Å². The number of amides is 2. The van der Waals surface area contributed by atoms with Crippen LogP contribution in [0.2, 0.25) is 0 Å². The number of hydrogen-bond donors (Lipinski definition) is 0. The lowest BCUT2D eigenvalue weighted by atomic mass is 9.86. The van der Waals surface area contributed by atoms with E-state index in [-0.39, 0.29) is 17.9 Å². The standard InChI is InChI=1S/C25H35N3O4/c1-31-21-9-7-19(8-10-21)17-28-23(24(32-2)25(28)30)20-11-15-27(16-12-20)22(29)18-26-13-5-3-4-6-14-26/h7-11,23-24H,3-6,12-18H2,1-2H3/t23-,24+/m0/s1. The molecule has 3 heterocycles. The minimum absolute atomic E-state index is 0.0221. The summed E-state index contributed by atoms with van der Waals surface area (Å²) < 4.78 is 10.7. The van der Waals surface area contributed by atoms with Gasteiger partial charge in [0, 0.05) is 26.7 Å². The second kappa shape index (κ2) is 10.5. The predicted molar refractivity (Wildman–Crippen MR) is 122 cm³/mol. The molecule has 2 amide bonds. The van der Waals surface area contributed by atoms with Crippen LogP contribution in [-0.2, 0) is 20.9 Å². The Kier molecular flexibility index (Phi) is 7.48. The average molecular weight is 442 g/mol. The van der Waals surface area contributed by atoms with E-state index >= 15 is 0 Å². The van der Waals surface area contributed by atoms with Gasteiger partial charge in [0.25, 0.3) is 5.91 Å². The fourth-order valence-electron chi connectivity index (χ4n) is 5.01. The van der Waals surface area contributed by atoms with E-state index in [9.17, 15) is 9.59 Å². The van der Waals surface area contributed by atoms with Crippen molar-refractivity contribution >= 4 is 11.8 Å². The van der Waals surface area contributed by atoms with E-state index in [1.54, 1.807) is 14.2 Å². The Labute approximate surface area is 190 Å². The molecule has 1 aromatic carbocycles. The van der Waals surface area contributed by atoms with Crippen molar-refractivity contribution in [3.8, 4) is 5.75 Å². The highest BCUT2D eigenvalue weighted by molar-refractivity contribution is 5.90. The Morgan fingerprint density at radius 2 is 1.75 bits per heavy atom.